The Labute approximate surface area is 173 Å². The number of hydrogen-bond donors (Lipinski definition) is 1. The van der Waals surface area contributed by atoms with E-state index < -0.39 is 18.3 Å². The van der Waals surface area contributed by atoms with E-state index >= 15 is 0 Å². The molecule has 0 aromatic carbocycles. The fraction of sp³-hybridized carbons (Fsp3) is 0.632. The molecule has 0 saturated carbocycles. The third-order valence-corrected chi connectivity index (χ3v) is 5.94. The summed E-state index contributed by atoms with van der Waals surface area (Å²) in [7, 11) is 5.51. The summed E-state index contributed by atoms with van der Waals surface area (Å²) in [6.07, 6.45) is 5.03. The maximum absolute atomic E-state index is 6.18. The van der Waals surface area contributed by atoms with Crippen molar-refractivity contribution in [2.45, 2.75) is 45.3 Å². The zero-order valence-electron chi connectivity index (χ0n) is 17.9. The highest BCUT2D eigenvalue weighted by Crippen LogP contribution is 2.37. The molecule has 1 N–H and O–H groups in total. The molecule has 0 radical (unpaired) electrons. The van der Waals surface area contributed by atoms with Crippen molar-refractivity contribution in [1.82, 2.24) is 14.2 Å². The van der Waals surface area contributed by atoms with Gasteiger partial charge in [0.15, 0.2) is 0 Å². The number of aromatic nitrogens is 1. The Balaban J connectivity index is 1.87. The Bertz CT molecular complexity index is 726. The van der Waals surface area contributed by atoms with Crippen molar-refractivity contribution in [1.29, 1.82) is 0 Å². The van der Waals surface area contributed by atoms with Crippen LogP contribution in [0.25, 0.3) is 5.57 Å². The quantitative estimate of drug-likeness (QED) is 0.335. The summed E-state index contributed by atoms with van der Waals surface area (Å²) < 4.78 is 19.8. The van der Waals surface area contributed by atoms with E-state index in [-0.39, 0.29) is 0 Å². The van der Waals surface area contributed by atoms with Crippen LogP contribution in [0.2, 0.25) is 0 Å². The van der Waals surface area contributed by atoms with Gasteiger partial charge >= 0.3 is 7.12 Å². The van der Waals surface area contributed by atoms with Crippen molar-refractivity contribution in [3.05, 3.63) is 24.0 Å². The van der Waals surface area contributed by atoms with Gasteiger partial charge in [-0.15, -0.1) is 0 Å². The summed E-state index contributed by atoms with van der Waals surface area (Å²) in [4.78, 5) is 7.04. The summed E-state index contributed by atoms with van der Waals surface area (Å²) in [6, 6.07) is 2.01. The summed E-state index contributed by atoms with van der Waals surface area (Å²) in [5, 5.41) is 0. The van der Waals surface area contributed by atoms with E-state index in [4.69, 9.17) is 18.6 Å². The molecular formula is C19H31BN4O3S. The molecule has 154 valence electrons. The second kappa shape index (κ2) is 8.34. The third kappa shape index (κ3) is 4.72. The van der Waals surface area contributed by atoms with Gasteiger partial charge in [-0.2, -0.15) is 4.28 Å². The van der Waals surface area contributed by atoms with Crippen molar-refractivity contribution >= 4 is 36.1 Å². The monoisotopic (exact) mass is 406 g/mol. The molecule has 0 amide bonds. The molecule has 0 spiro atoms. The maximum atomic E-state index is 6.18. The summed E-state index contributed by atoms with van der Waals surface area (Å²) in [6.45, 7) is 10.1. The molecule has 1 fully saturated rings. The number of likely N-dealkylation sites (N-methyl/N-ethyl adjacent to an activating group) is 1. The van der Waals surface area contributed by atoms with Crippen LogP contribution in [0.15, 0.2) is 18.3 Å². The van der Waals surface area contributed by atoms with Crippen molar-refractivity contribution in [2.75, 3.05) is 39.7 Å². The lowest BCUT2D eigenvalue weighted by atomic mass is 9.79. The summed E-state index contributed by atoms with van der Waals surface area (Å²) in [5.74, 6) is 0. The molecule has 7 nitrogen and oxygen atoms in total. The van der Waals surface area contributed by atoms with Crippen molar-refractivity contribution in [3.8, 4) is 0 Å². The van der Waals surface area contributed by atoms with E-state index in [1.165, 1.54) is 17.8 Å². The first-order valence-electron chi connectivity index (χ1n) is 9.59. The minimum atomic E-state index is -0.458. The second-order valence-corrected chi connectivity index (χ2v) is 9.61. The van der Waals surface area contributed by atoms with Crippen molar-refractivity contribution in [3.63, 3.8) is 0 Å². The normalized spacial score (nSPS) is 21.9. The average molecular weight is 406 g/mol. The van der Waals surface area contributed by atoms with E-state index in [0.29, 0.717) is 0 Å². The molecule has 3 rings (SSSR count). The average Bonchev–Trinajstić information content (AvgIpc) is 2.83. The molecule has 1 saturated heterocycles. The van der Waals surface area contributed by atoms with Crippen molar-refractivity contribution < 1.29 is 13.6 Å². The Hall–Kier alpha value is -1.10. The SMILES string of the molecule is CN1CC=C(c2ncc(B3OC(C)(C)C(C)(C)O3)cc2NOSN(C)C)CC1. The van der Waals surface area contributed by atoms with Crippen molar-refractivity contribution in [2.24, 2.45) is 0 Å². The molecule has 1 aromatic heterocycles. The first-order chi connectivity index (χ1) is 13.1. The first kappa shape index (κ1) is 21.6. The molecule has 0 unspecified atom stereocenters. The number of pyridine rings is 1. The molecule has 0 atom stereocenters. The van der Waals surface area contributed by atoms with Gasteiger partial charge < -0.3 is 14.2 Å². The minimum Gasteiger partial charge on any atom is -0.399 e. The van der Waals surface area contributed by atoms with E-state index in [1.54, 1.807) is 0 Å². The van der Waals surface area contributed by atoms with Gasteiger partial charge in [-0.25, -0.2) is 4.31 Å². The number of nitrogens with zero attached hydrogens (tertiary/aromatic N) is 3. The van der Waals surface area contributed by atoms with Gasteiger partial charge in [0.2, 0.25) is 0 Å². The van der Waals surface area contributed by atoms with Crippen LogP contribution in [0.1, 0.15) is 39.8 Å². The number of hydrogen-bond acceptors (Lipinski definition) is 8. The van der Waals surface area contributed by atoms with Crippen LogP contribution < -0.4 is 10.9 Å². The van der Waals surface area contributed by atoms with Crippen LogP contribution in [-0.4, -0.2) is 66.7 Å². The molecule has 9 heteroatoms. The molecule has 1 aromatic rings. The molecular weight excluding hydrogens is 375 g/mol. The van der Waals surface area contributed by atoms with Gasteiger partial charge in [0, 0.05) is 24.7 Å². The maximum Gasteiger partial charge on any atom is 0.496 e. The lowest BCUT2D eigenvalue weighted by Crippen LogP contribution is -2.41. The van der Waals surface area contributed by atoms with Gasteiger partial charge in [0.1, 0.15) is 12.2 Å². The van der Waals surface area contributed by atoms with Gasteiger partial charge in [0.05, 0.1) is 22.6 Å². The van der Waals surface area contributed by atoms with E-state index in [2.05, 4.69) is 23.5 Å². The van der Waals surface area contributed by atoms with Crippen LogP contribution >= 0.6 is 12.2 Å². The minimum absolute atomic E-state index is 0.391. The lowest BCUT2D eigenvalue weighted by molar-refractivity contribution is 0.00578. The second-order valence-electron chi connectivity index (χ2n) is 8.57. The highest BCUT2D eigenvalue weighted by molar-refractivity contribution is 7.92. The number of nitrogens with one attached hydrogen (secondary N) is 1. The molecule has 28 heavy (non-hydrogen) atoms. The van der Waals surface area contributed by atoms with Gasteiger partial charge in [-0.1, -0.05) is 6.08 Å². The summed E-state index contributed by atoms with van der Waals surface area (Å²) in [5.41, 5.74) is 6.09. The Morgan fingerprint density at radius 1 is 1.25 bits per heavy atom. The first-order valence-corrected chi connectivity index (χ1v) is 10.3. The van der Waals surface area contributed by atoms with Crippen LogP contribution in [-0.2, 0) is 13.6 Å². The topological polar surface area (TPSA) is 59.1 Å². The fourth-order valence-electron chi connectivity index (χ4n) is 3.05. The predicted molar refractivity (Wildman–Crippen MR) is 116 cm³/mol. The third-order valence-electron chi connectivity index (χ3n) is 5.49. The van der Waals surface area contributed by atoms with Gasteiger partial charge in [-0.3, -0.25) is 10.5 Å². The molecule has 0 aliphatic carbocycles. The van der Waals surface area contributed by atoms with Crippen LogP contribution in [0.4, 0.5) is 5.69 Å². The zero-order valence-corrected chi connectivity index (χ0v) is 18.7. The van der Waals surface area contributed by atoms with E-state index in [0.717, 1.165) is 36.4 Å². The van der Waals surface area contributed by atoms with Crippen LogP contribution in [0, 0.1) is 0 Å². The lowest BCUT2D eigenvalue weighted by Gasteiger charge is -2.32. The standard InChI is InChI=1S/C19H31BN4O3S/c1-18(2)19(3,4)26-20(25-18)15-12-16(22-27-28-23(5)6)17(21-13-15)14-8-10-24(7)11-9-14/h8,12-13,22H,9-11H2,1-7H3. The number of anilines is 1. The van der Waals surface area contributed by atoms with Crippen LogP contribution in [0.3, 0.4) is 0 Å². The molecule has 2 aliphatic rings. The summed E-state index contributed by atoms with van der Waals surface area (Å²) >= 11 is 1.22. The Kier molecular flexibility index (Phi) is 6.43. The smallest absolute Gasteiger partial charge is 0.399 e. The highest BCUT2D eigenvalue weighted by atomic mass is 32.2. The molecule has 3 heterocycles. The Morgan fingerprint density at radius 3 is 2.50 bits per heavy atom. The van der Waals surface area contributed by atoms with Gasteiger partial charge in [0.25, 0.3) is 0 Å². The fourth-order valence-corrected chi connectivity index (χ4v) is 3.32. The predicted octanol–water partition coefficient (Wildman–Crippen LogP) is 2.57. The Morgan fingerprint density at radius 2 is 1.93 bits per heavy atom. The van der Waals surface area contributed by atoms with Crippen LogP contribution in [0.5, 0.6) is 0 Å². The van der Waals surface area contributed by atoms with E-state index in [1.807, 2.05) is 58.4 Å². The number of rotatable bonds is 6. The zero-order chi connectivity index (χ0) is 20.5. The molecule has 0 bridgehead atoms. The highest BCUT2D eigenvalue weighted by Gasteiger charge is 2.52. The van der Waals surface area contributed by atoms with Gasteiger partial charge in [-0.05, 0) is 66.9 Å². The molecule has 2 aliphatic heterocycles. The largest absolute Gasteiger partial charge is 0.496 e. The van der Waals surface area contributed by atoms with E-state index in [9.17, 15) is 0 Å².